The van der Waals surface area contributed by atoms with Crippen LogP contribution in [0.5, 0.6) is 0 Å². The van der Waals surface area contributed by atoms with Gasteiger partial charge in [0, 0.05) is 35.0 Å². The summed E-state index contributed by atoms with van der Waals surface area (Å²) in [5.41, 5.74) is -1.81. The van der Waals surface area contributed by atoms with Gasteiger partial charge < -0.3 is 0 Å². The molecule has 4 nitrogen and oxygen atoms in total. The Labute approximate surface area is 101 Å². The fourth-order valence-corrected chi connectivity index (χ4v) is 1.22. The molecule has 1 aromatic rings. The highest BCUT2D eigenvalue weighted by atomic mass is 127. The van der Waals surface area contributed by atoms with Gasteiger partial charge in [-0.2, -0.15) is 13.2 Å². The Morgan fingerprint density at radius 1 is 1.38 bits per heavy atom. The molecule has 0 bridgehead atoms. The number of imide groups is 1. The third-order valence-electron chi connectivity index (χ3n) is 1.58. The summed E-state index contributed by atoms with van der Waals surface area (Å²) < 4.78 is 36.6. The second-order valence-corrected chi connectivity index (χ2v) is 3.63. The molecule has 0 aromatic carbocycles. The lowest BCUT2D eigenvalue weighted by molar-refractivity contribution is -0.138. The Morgan fingerprint density at radius 3 is 2.50 bits per heavy atom. The molecule has 0 aliphatic carbocycles. The van der Waals surface area contributed by atoms with Crippen LogP contribution in [0.15, 0.2) is 18.5 Å². The molecule has 16 heavy (non-hydrogen) atoms. The Balaban J connectivity index is 3.14. The average molecular weight is 344 g/mol. The lowest BCUT2D eigenvalue weighted by atomic mass is 10.1. The molecule has 0 spiro atoms. The number of rotatable bonds is 1. The summed E-state index contributed by atoms with van der Waals surface area (Å²) in [5.74, 6) is -1.13. The zero-order valence-electron chi connectivity index (χ0n) is 7.51. The molecule has 86 valence electrons. The van der Waals surface area contributed by atoms with Crippen LogP contribution in [-0.2, 0) is 6.18 Å². The topological polar surface area (TPSA) is 59.1 Å². The fraction of sp³-hybridized carbons (Fsp3) is 0.125. The van der Waals surface area contributed by atoms with Gasteiger partial charge in [-0.25, -0.2) is 0 Å². The standard InChI is InChI=1S/C8H4F3IN2O2/c9-8(10,11)5-1-2-13-3-4(5)6(15)14-7(12)16/h1-3H,(H,14,15,16). The lowest BCUT2D eigenvalue weighted by Gasteiger charge is -2.10. The third kappa shape index (κ3) is 3.15. The number of nitrogens with one attached hydrogen (secondary N) is 1. The number of pyridine rings is 1. The highest BCUT2D eigenvalue weighted by Gasteiger charge is 2.35. The summed E-state index contributed by atoms with van der Waals surface area (Å²) in [6.07, 6.45) is -2.98. The van der Waals surface area contributed by atoms with Gasteiger partial charge in [0.25, 0.3) is 9.82 Å². The van der Waals surface area contributed by atoms with E-state index in [0.29, 0.717) is 6.07 Å². The van der Waals surface area contributed by atoms with Crippen LogP contribution in [0.3, 0.4) is 0 Å². The van der Waals surface area contributed by atoms with Gasteiger partial charge in [0.05, 0.1) is 11.1 Å². The Hall–Kier alpha value is -1.19. The minimum Gasteiger partial charge on any atom is -0.283 e. The van der Waals surface area contributed by atoms with E-state index in [1.807, 2.05) is 0 Å². The number of alkyl halides is 3. The van der Waals surface area contributed by atoms with Crippen molar-refractivity contribution in [2.24, 2.45) is 0 Å². The van der Waals surface area contributed by atoms with E-state index >= 15 is 0 Å². The van der Waals surface area contributed by atoms with E-state index in [2.05, 4.69) is 4.98 Å². The van der Waals surface area contributed by atoms with E-state index in [4.69, 9.17) is 0 Å². The molecule has 0 radical (unpaired) electrons. The van der Waals surface area contributed by atoms with Crippen molar-refractivity contribution >= 4 is 32.4 Å². The van der Waals surface area contributed by atoms with Crippen molar-refractivity contribution in [2.75, 3.05) is 0 Å². The Kier molecular flexibility index (Phi) is 3.83. The molecule has 1 rings (SSSR count). The van der Waals surface area contributed by atoms with E-state index in [0.717, 1.165) is 12.4 Å². The molecule has 2 amide bonds. The van der Waals surface area contributed by atoms with Crippen molar-refractivity contribution in [1.29, 1.82) is 0 Å². The van der Waals surface area contributed by atoms with Crippen molar-refractivity contribution in [2.45, 2.75) is 6.18 Å². The molecule has 0 aliphatic heterocycles. The second kappa shape index (κ2) is 4.76. The van der Waals surface area contributed by atoms with Crippen molar-refractivity contribution in [3.05, 3.63) is 29.6 Å². The van der Waals surface area contributed by atoms with Crippen molar-refractivity contribution in [1.82, 2.24) is 10.3 Å². The summed E-state index contributed by atoms with van der Waals surface area (Å²) in [6, 6.07) is 0.673. The van der Waals surface area contributed by atoms with Gasteiger partial charge in [0.1, 0.15) is 0 Å². The molecule has 1 aromatic heterocycles. The highest BCUT2D eigenvalue weighted by molar-refractivity contribution is 14.1. The normalized spacial score (nSPS) is 11.0. The van der Waals surface area contributed by atoms with E-state index in [9.17, 15) is 22.8 Å². The van der Waals surface area contributed by atoms with Crippen LogP contribution in [0.1, 0.15) is 15.9 Å². The second-order valence-electron chi connectivity index (χ2n) is 2.65. The number of amides is 2. The number of hydrogen-bond acceptors (Lipinski definition) is 3. The first-order valence-corrected chi connectivity index (χ1v) is 4.92. The monoisotopic (exact) mass is 344 g/mol. The molecule has 0 saturated heterocycles. The fourth-order valence-electron chi connectivity index (χ4n) is 0.979. The number of hydrogen-bond donors (Lipinski definition) is 1. The van der Waals surface area contributed by atoms with E-state index in [-0.39, 0.29) is 0 Å². The first-order valence-electron chi connectivity index (χ1n) is 3.84. The molecule has 0 fully saturated rings. The van der Waals surface area contributed by atoms with Gasteiger partial charge in [-0.3, -0.25) is 19.9 Å². The quantitative estimate of drug-likeness (QED) is 0.484. The van der Waals surface area contributed by atoms with Crippen LogP contribution < -0.4 is 5.32 Å². The molecule has 0 atom stereocenters. The van der Waals surface area contributed by atoms with Gasteiger partial charge in [-0.05, 0) is 6.07 Å². The average Bonchev–Trinajstić information content (AvgIpc) is 2.15. The van der Waals surface area contributed by atoms with Crippen LogP contribution in [0.25, 0.3) is 0 Å². The van der Waals surface area contributed by atoms with E-state index in [1.54, 1.807) is 5.32 Å². The zero-order valence-corrected chi connectivity index (χ0v) is 9.67. The van der Waals surface area contributed by atoms with Crippen LogP contribution in [0, 0.1) is 0 Å². The predicted molar refractivity (Wildman–Crippen MR) is 56.1 cm³/mol. The van der Waals surface area contributed by atoms with Crippen molar-refractivity contribution < 1.29 is 22.8 Å². The maximum absolute atomic E-state index is 12.5. The smallest absolute Gasteiger partial charge is 0.283 e. The van der Waals surface area contributed by atoms with Gasteiger partial charge in [-0.15, -0.1) is 0 Å². The molecule has 0 unspecified atom stereocenters. The molecular weight excluding hydrogens is 340 g/mol. The van der Waals surface area contributed by atoms with Crippen molar-refractivity contribution in [3.8, 4) is 0 Å². The zero-order chi connectivity index (χ0) is 12.3. The molecule has 1 heterocycles. The lowest BCUT2D eigenvalue weighted by Crippen LogP contribution is -2.27. The predicted octanol–water partition coefficient (Wildman–Crippen LogP) is 2.39. The third-order valence-corrected chi connectivity index (χ3v) is 1.85. The number of aromatic nitrogens is 1. The molecule has 1 N–H and O–H groups in total. The minimum atomic E-state index is -4.66. The summed E-state index contributed by atoms with van der Waals surface area (Å²) in [6.45, 7) is 0. The first kappa shape index (κ1) is 12.9. The van der Waals surface area contributed by atoms with E-state index in [1.165, 1.54) is 22.6 Å². The summed E-state index contributed by atoms with van der Waals surface area (Å²) in [5, 5.41) is 1.74. The largest absolute Gasteiger partial charge is 0.417 e. The van der Waals surface area contributed by atoms with Crippen LogP contribution >= 0.6 is 22.6 Å². The van der Waals surface area contributed by atoms with Gasteiger partial charge in [-0.1, -0.05) is 0 Å². The van der Waals surface area contributed by atoms with Gasteiger partial charge >= 0.3 is 6.18 Å². The number of halogens is 4. The summed E-state index contributed by atoms with van der Waals surface area (Å²) in [7, 11) is 0. The Morgan fingerprint density at radius 2 is 2.00 bits per heavy atom. The first-order chi connectivity index (χ1) is 7.32. The van der Waals surface area contributed by atoms with Gasteiger partial charge in [0.15, 0.2) is 0 Å². The number of nitrogens with zero attached hydrogens (tertiary/aromatic N) is 1. The maximum Gasteiger partial charge on any atom is 0.417 e. The Bertz CT molecular complexity index is 434. The molecular formula is C8H4F3IN2O2. The minimum absolute atomic E-state index is 0.673. The number of carbonyl (C=O) groups is 2. The van der Waals surface area contributed by atoms with Crippen LogP contribution in [-0.4, -0.2) is 14.8 Å². The SMILES string of the molecule is O=C(I)NC(=O)c1cnccc1C(F)(F)F. The van der Waals surface area contributed by atoms with Crippen molar-refractivity contribution in [3.63, 3.8) is 0 Å². The van der Waals surface area contributed by atoms with Crippen LogP contribution in [0.4, 0.5) is 18.0 Å². The van der Waals surface area contributed by atoms with Gasteiger partial charge in [0.2, 0.25) is 0 Å². The molecule has 0 aliphatic rings. The highest BCUT2D eigenvalue weighted by Crippen LogP contribution is 2.31. The van der Waals surface area contributed by atoms with E-state index < -0.39 is 27.1 Å². The summed E-state index contributed by atoms with van der Waals surface area (Å²) >= 11 is 1.24. The molecule has 0 saturated carbocycles. The number of carbonyl (C=O) groups excluding carboxylic acids is 2. The summed E-state index contributed by atoms with van der Waals surface area (Å²) in [4.78, 5) is 25.2. The van der Waals surface area contributed by atoms with Crippen LogP contribution in [0.2, 0.25) is 0 Å². The molecule has 8 heteroatoms. The maximum atomic E-state index is 12.5.